The normalized spacial score (nSPS) is 14.4. The largest absolute Gasteiger partial charge is 0.497 e. The number of carbonyl (C=O) groups excluding carboxylic acids is 1. The molecule has 1 saturated heterocycles. The van der Waals surface area contributed by atoms with Gasteiger partial charge in [-0.2, -0.15) is 5.10 Å². The number of nitrogens with zero attached hydrogens (tertiary/aromatic N) is 3. The van der Waals surface area contributed by atoms with Crippen molar-refractivity contribution in [3.8, 4) is 22.6 Å². The second-order valence-corrected chi connectivity index (χ2v) is 6.49. The SMILES string of the molecule is COc1ccc(-c2c[nH]c(C(=O)N3CCCCC3)c2)c(-n2cccn2)c1. The summed E-state index contributed by atoms with van der Waals surface area (Å²) in [6.45, 7) is 1.68. The Balaban J connectivity index is 1.68. The summed E-state index contributed by atoms with van der Waals surface area (Å²) in [5.74, 6) is 0.838. The number of piperidine rings is 1. The highest BCUT2D eigenvalue weighted by atomic mass is 16.5. The van der Waals surface area contributed by atoms with Crippen LogP contribution in [0.15, 0.2) is 48.9 Å². The zero-order valence-electron chi connectivity index (χ0n) is 14.8. The van der Waals surface area contributed by atoms with Gasteiger partial charge in [0.05, 0.1) is 12.8 Å². The smallest absolute Gasteiger partial charge is 0.270 e. The number of hydrogen-bond donors (Lipinski definition) is 1. The van der Waals surface area contributed by atoms with Crippen LogP contribution >= 0.6 is 0 Å². The average molecular weight is 350 g/mol. The van der Waals surface area contributed by atoms with Gasteiger partial charge in [0.25, 0.3) is 5.91 Å². The van der Waals surface area contributed by atoms with Gasteiger partial charge >= 0.3 is 0 Å². The zero-order valence-corrected chi connectivity index (χ0v) is 14.8. The number of rotatable bonds is 4. The molecule has 0 atom stereocenters. The Bertz CT molecular complexity index is 892. The summed E-state index contributed by atoms with van der Waals surface area (Å²) >= 11 is 0. The molecule has 2 aromatic heterocycles. The molecule has 1 aliphatic heterocycles. The Morgan fingerprint density at radius 1 is 1.19 bits per heavy atom. The van der Waals surface area contributed by atoms with Gasteiger partial charge in [-0.25, -0.2) is 4.68 Å². The minimum Gasteiger partial charge on any atom is -0.497 e. The maximum Gasteiger partial charge on any atom is 0.270 e. The Morgan fingerprint density at radius 2 is 2.04 bits per heavy atom. The molecule has 26 heavy (non-hydrogen) atoms. The quantitative estimate of drug-likeness (QED) is 0.783. The first-order valence-corrected chi connectivity index (χ1v) is 8.92. The van der Waals surface area contributed by atoms with Crippen LogP contribution in [-0.4, -0.2) is 45.8 Å². The molecule has 4 rings (SSSR count). The molecular weight excluding hydrogens is 328 g/mol. The third-order valence-corrected chi connectivity index (χ3v) is 4.82. The van der Waals surface area contributed by atoms with Crippen molar-refractivity contribution in [1.82, 2.24) is 19.7 Å². The number of methoxy groups -OCH3 is 1. The van der Waals surface area contributed by atoms with Gasteiger partial charge in [-0.3, -0.25) is 4.79 Å². The summed E-state index contributed by atoms with van der Waals surface area (Å²) in [4.78, 5) is 17.8. The second kappa shape index (κ2) is 7.07. The fraction of sp³-hybridized carbons (Fsp3) is 0.300. The summed E-state index contributed by atoms with van der Waals surface area (Å²) in [5.41, 5.74) is 3.48. The van der Waals surface area contributed by atoms with Crippen molar-refractivity contribution in [3.05, 3.63) is 54.6 Å². The van der Waals surface area contributed by atoms with Crippen LogP contribution in [0.5, 0.6) is 5.75 Å². The Kier molecular flexibility index (Phi) is 4.48. The van der Waals surface area contributed by atoms with E-state index < -0.39 is 0 Å². The summed E-state index contributed by atoms with van der Waals surface area (Å²) in [6.07, 6.45) is 8.89. The van der Waals surface area contributed by atoms with Crippen molar-refractivity contribution in [2.24, 2.45) is 0 Å². The van der Waals surface area contributed by atoms with Gasteiger partial charge in [0, 0.05) is 48.9 Å². The predicted octanol–water partition coefficient (Wildman–Crippen LogP) is 3.50. The predicted molar refractivity (Wildman–Crippen MR) is 99.7 cm³/mol. The number of aromatic nitrogens is 3. The number of ether oxygens (including phenoxy) is 1. The van der Waals surface area contributed by atoms with Crippen LogP contribution in [0, 0.1) is 0 Å². The van der Waals surface area contributed by atoms with Gasteiger partial charge in [0.1, 0.15) is 11.4 Å². The average Bonchev–Trinajstić information content (AvgIpc) is 3.39. The summed E-state index contributed by atoms with van der Waals surface area (Å²) in [5, 5.41) is 4.34. The van der Waals surface area contributed by atoms with E-state index in [2.05, 4.69) is 10.1 Å². The lowest BCUT2D eigenvalue weighted by molar-refractivity contribution is 0.0719. The molecule has 0 saturated carbocycles. The molecule has 0 radical (unpaired) electrons. The summed E-state index contributed by atoms with van der Waals surface area (Å²) < 4.78 is 7.16. The molecule has 1 aliphatic rings. The minimum absolute atomic E-state index is 0.0742. The van der Waals surface area contributed by atoms with Gasteiger partial charge < -0.3 is 14.6 Å². The highest BCUT2D eigenvalue weighted by molar-refractivity contribution is 5.94. The van der Waals surface area contributed by atoms with E-state index in [0.717, 1.165) is 48.5 Å². The Hall–Kier alpha value is -3.02. The number of hydrogen-bond acceptors (Lipinski definition) is 3. The molecule has 1 fully saturated rings. The van der Waals surface area contributed by atoms with Crippen molar-refractivity contribution < 1.29 is 9.53 Å². The van der Waals surface area contributed by atoms with Crippen LogP contribution in [0.1, 0.15) is 29.8 Å². The van der Waals surface area contributed by atoms with E-state index in [-0.39, 0.29) is 5.91 Å². The first-order chi connectivity index (χ1) is 12.8. The number of benzene rings is 1. The van der Waals surface area contributed by atoms with Crippen LogP contribution in [0.3, 0.4) is 0 Å². The molecular formula is C20H22N4O2. The van der Waals surface area contributed by atoms with Crippen molar-refractivity contribution in [2.45, 2.75) is 19.3 Å². The zero-order chi connectivity index (χ0) is 17.9. The lowest BCUT2D eigenvalue weighted by Crippen LogP contribution is -2.35. The van der Waals surface area contributed by atoms with E-state index >= 15 is 0 Å². The first-order valence-electron chi connectivity index (χ1n) is 8.92. The third kappa shape index (κ3) is 3.10. The molecule has 1 N–H and O–H groups in total. The molecule has 1 amide bonds. The lowest BCUT2D eigenvalue weighted by Gasteiger charge is -2.26. The molecule has 1 aromatic carbocycles. The van der Waals surface area contributed by atoms with Gasteiger partial charge in [0.2, 0.25) is 0 Å². The maximum absolute atomic E-state index is 12.7. The maximum atomic E-state index is 12.7. The number of nitrogens with one attached hydrogen (secondary N) is 1. The van der Waals surface area contributed by atoms with Crippen molar-refractivity contribution >= 4 is 5.91 Å². The molecule has 6 heteroatoms. The highest BCUT2D eigenvalue weighted by Gasteiger charge is 2.20. The minimum atomic E-state index is 0.0742. The van der Waals surface area contributed by atoms with Crippen molar-refractivity contribution in [2.75, 3.05) is 20.2 Å². The fourth-order valence-corrected chi connectivity index (χ4v) is 3.42. The number of carbonyl (C=O) groups is 1. The monoisotopic (exact) mass is 350 g/mol. The lowest BCUT2D eigenvalue weighted by atomic mass is 10.1. The number of likely N-dealkylation sites (tertiary alicyclic amines) is 1. The van der Waals surface area contributed by atoms with E-state index in [4.69, 9.17) is 4.74 Å². The van der Waals surface area contributed by atoms with Crippen LogP contribution in [0.25, 0.3) is 16.8 Å². The standard InChI is InChI=1S/C20H22N4O2/c1-26-16-6-7-17(19(13-16)24-11-5-8-22-24)15-12-18(21-14-15)20(25)23-9-3-2-4-10-23/h5-8,11-14,21H,2-4,9-10H2,1H3. The molecule has 3 aromatic rings. The van der Waals surface area contributed by atoms with Gasteiger partial charge in [-0.1, -0.05) is 0 Å². The van der Waals surface area contributed by atoms with Crippen molar-refractivity contribution in [1.29, 1.82) is 0 Å². The fourth-order valence-electron chi connectivity index (χ4n) is 3.42. The Labute approximate surface area is 152 Å². The number of amides is 1. The summed E-state index contributed by atoms with van der Waals surface area (Å²) in [7, 11) is 1.65. The van der Waals surface area contributed by atoms with E-state index in [9.17, 15) is 4.79 Å². The molecule has 6 nitrogen and oxygen atoms in total. The molecule has 0 bridgehead atoms. The van der Waals surface area contributed by atoms with E-state index in [1.54, 1.807) is 18.0 Å². The van der Waals surface area contributed by atoms with Crippen LogP contribution in [-0.2, 0) is 0 Å². The van der Waals surface area contributed by atoms with E-state index in [1.165, 1.54) is 6.42 Å². The van der Waals surface area contributed by atoms with Crippen LogP contribution < -0.4 is 4.74 Å². The van der Waals surface area contributed by atoms with Gasteiger partial charge in [-0.05, 0) is 43.5 Å². The Morgan fingerprint density at radius 3 is 2.77 bits per heavy atom. The summed E-state index contributed by atoms with van der Waals surface area (Å²) in [6, 6.07) is 9.66. The van der Waals surface area contributed by atoms with Crippen LogP contribution in [0.4, 0.5) is 0 Å². The molecule has 0 unspecified atom stereocenters. The first kappa shape index (κ1) is 16.4. The second-order valence-electron chi connectivity index (χ2n) is 6.49. The molecule has 0 aliphatic carbocycles. The van der Waals surface area contributed by atoms with E-state index in [1.807, 2.05) is 47.6 Å². The molecule has 3 heterocycles. The van der Waals surface area contributed by atoms with Gasteiger partial charge in [-0.15, -0.1) is 0 Å². The molecule has 134 valence electrons. The highest BCUT2D eigenvalue weighted by Crippen LogP contribution is 2.30. The van der Waals surface area contributed by atoms with Crippen LogP contribution in [0.2, 0.25) is 0 Å². The van der Waals surface area contributed by atoms with Gasteiger partial charge in [0.15, 0.2) is 0 Å². The molecule has 0 spiro atoms. The number of H-pyrrole nitrogens is 1. The topological polar surface area (TPSA) is 63.2 Å². The van der Waals surface area contributed by atoms with Crippen molar-refractivity contribution in [3.63, 3.8) is 0 Å². The van der Waals surface area contributed by atoms with E-state index in [0.29, 0.717) is 5.69 Å². The number of aromatic amines is 1. The third-order valence-electron chi connectivity index (χ3n) is 4.82.